The highest BCUT2D eigenvalue weighted by molar-refractivity contribution is 9.10. The summed E-state index contributed by atoms with van der Waals surface area (Å²) in [4.78, 5) is 2.70. The van der Waals surface area contributed by atoms with Gasteiger partial charge in [-0.05, 0) is 50.8 Å². The maximum Gasteiger partial charge on any atom is 0.0295 e. The van der Waals surface area contributed by atoms with E-state index in [0.29, 0.717) is 12.1 Å². The molecule has 2 fully saturated rings. The quantitative estimate of drug-likeness (QED) is 0.908. The Hall–Kier alpha value is -0.380. The minimum Gasteiger partial charge on any atom is -0.306 e. The second-order valence-corrected chi connectivity index (χ2v) is 7.07. The number of hydrogen-bond donors (Lipinski definition) is 1. The van der Waals surface area contributed by atoms with Gasteiger partial charge in [0.2, 0.25) is 0 Å². The van der Waals surface area contributed by atoms with Crippen LogP contribution in [0.2, 0.25) is 0 Å². The summed E-state index contributed by atoms with van der Waals surface area (Å²) in [6, 6.07) is 11.3. The lowest BCUT2D eigenvalue weighted by atomic mass is 10.1. The summed E-state index contributed by atoms with van der Waals surface area (Å²) in [5.41, 5.74) is 1.37. The summed E-state index contributed by atoms with van der Waals surface area (Å²) < 4.78 is 1.16. The summed E-state index contributed by atoms with van der Waals surface area (Å²) >= 11 is 3.55. The molecule has 3 heteroatoms. The van der Waals surface area contributed by atoms with E-state index in [4.69, 9.17) is 0 Å². The third kappa shape index (κ3) is 3.21. The van der Waals surface area contributed by atoms with Crippen LogP contribution in [0.15, 0.2) is 28.7 Å². The van der Waals surface area contributed by atoms with Crippen LogP contribution in [-0.2, 0) is 0 Å². The molecule has 1 saturated heterocycles. The van der Waals surface area contributed by atoms with Gasteiger partial charge in [0, 0.05) is 35.2 Å². The molecule has 3 atom stereocenters. The van der Waals surface area contributed by atoms with Crippen molar-refractivity contribution < 1.29 is 0 Å². The summed E-state index contributed by atoms with van der Waals surface area (Å²) in [7, 11) is 0. The maximum atomic E-state index is 3.80. The van der Waals surface area contributed by atoms with Gasteiger partial charge in [0.15, 0.2) is 0 Å². The van der Waals surface area contributed by atoms with Gasteiger partial charge < -0.3 is 5.32 Å². The Morgan fingerprint density at radius 1 is 1.37 bits per heavy atom. The summed E-state index contributed by atoms with van der Waals surface area (Å²) in [5.74, 6) is 0. The molecule has 2 unspecified atom stereocenters. The number of nitrogens with zero attached hydrogens (tertiary/aromatic N) is 1. The lowest BCUT2D eigenvalue weighted by molar-refractivity contribution is 0.254. The van der Waals surface area contributed by atoms with E-state index in [1.54, 1.807) is 0 Å². The molecule has 0 radical (unpaired) electrons. The summed E-state index contributed by atoms with van der Waals surface area (Å²) in [6.07, 6.45) is 4.12. The highest BCUT2D eigenvalue weighted by atomic mass is 79.9. The molecule has 1 saturated carbocycles. The number of rotatable bonds is 4. The fourth-order valence-electron chi connectivity index (χ4n) is 3.32. The van der Waals surface area contributed by atoms with Crippen molar-refractivity contribution in [3.05, 3.63) is 34.3 Å². The van der Waals surface area contributed by atoms with Gasteiger partial charge in [-0.2, -0.15) is 0 Å². The van der Waals surface area contributed by atoms with Gasteiger partial charge in [0.1, 0.15) is 0 Å². The Bertz CT molecular complexity index is 444. The van der Waals surface area contributed by atoms with Crippen LogP contribution in [0.3, 0.4) is 0 Å². The van der Waals surface area contributed by atoms with Gasteiger partial charge >= 0.3 is 0 Å². The fraction of sp³-hybridized carbons (Fsp3) is 0.625. The molecule has 19 heavy (non-hydrogen) atoms. The first kappa shape index (κ1) is 13.6. The van der Waals surface area contributed by atoms with Crippen LogP contribution >= 0.6 is 15.9 Å². The lowest BCUT2D eigenvalue weighted by Crippen LogP contribution is -2.35. The highest BCUT2D eigenvalue weighted by Gasteiger charge is 2.38. The Kier molecular flexibility index (Phi) is 3.97. The van der Waals surface area contributed by atoms with Gasteiger partial charge in [-0.3, -0.25) is 4.90 Å². The number of likely N-dealkylation sites (tertiary alicyclic amines) is 1. The molecule has 2 aliphatic rings. The van der Waals surface area contributed by atoms with Crippen molar-refractivity contribution in [2.75, 3.05) is 6.54 Å². The standard InChI is InChI=1S/C16H23BrN2/c1-11-8-15(10-19(11)16-6-7-16)18-12(2)13-4-3-5-14(17)9-13/h3-5,9,11-12,15-16,18H,6-8,10H2,1-2H3/t11?,12-,15?/m1/s1. The van der Waals surface area contributed by atoms with Gasteiger partial charge in [-0.15, -0.1) is 0 Å². The van der Waals surface area contributed by atoms with Crippen LogP contribution in [0.1, 0.15) is 44.7 Å². The third-order valence-electron chi connectivity index (χ3n) is 4.47. The molecule has 2 nitrogen and oxygen atoms in total. The molecule has 1 aliphatic heterocycles. The topological polar surface area (TPSA) is 15.3 Å². The van der Waals surface area contributed by atoms with Crippen molar-refractivity contribution in [1.29, 1.82) is 0 Å². The molecular formula is C16H23BrN2. The predicted molar refractivity (Wildman–Crippen MR) is 83.3 cm³/mol. The zero-order chi connectivity index (χ0) is 13.4. The minimum atomic E-state index is 0.425. The van der Waals surface area contributed by atoms with Crippen LogP contribution in [0, 0.1) is 0 Å². The second-order valence-electron chi connectivity index (χ2n) is 6.15. The van der Waals surface area contributed by atoms with Crippen LogP contribution in [0.5, 0.6) is 0 Å². The van der Waals surface area contributed by atoms with Gasteiger partial charge in [0.05, 0.1) is 0 Å². The van der Waals surface area contributed by atoms with Gasteiger partial charge in [-0.1, -0.05) is 28.1 Å². The molecular weight excluding hydrogens is 300 g/mol. The first-order valence-corrected chi connectivity index (χ1v) is 8.20. The van der Waals surface area contributed by atoms with E-state index >= 15 is 0 Å². The molecule has 104 valence electrons. The van der Waals surface area contributed by atoms with E-state index in [0.717, 1.165) is 16.6 Å². The lowest BCUT2D eigenvalue weighted by Gasteiger charge is -2.21. The van der Waals surface area contributed by atoms with Crippen molar-refractivity contribution in [2.24, 2.45) is 0 Å². The smallest absolute Gasteiger partial charge is 0.0295 e. The Morgan fingerprint density at radius 3 is 2.84 bits per heavy atom. The Balaban J connectivity index is 1.59. The zero-order valence-electron chi connectivity index (χ0n) is 11.8. The van der Waals surface area contributed by atoms with Crippen LogP contribution in [0.4, 0.5) is 0 Å². The molecule has 3 rings (SSSR count). The summed E-state index contributed by atoms with van der Waals surface area (Å²) in [5, 5.41) is 3.80. The van der Waals surface area contributed by atoms with Crippen molar-refractivity contribution in [1.82, 2.24) is 10.2 Å². The Labute approximate surface area is 124 Å². The number of halogens is 1. The van der Waals surface area contributed by atoms with Gasteiger partial charge in [-0.25, -0.2) is 0 Å². The zero-order valence-corrected chi connectivity index (χ0v) is 13.4. The van der Waals surface area contributed by atoms with Crippen LogP contribution in [0.25, 0.3) is 0 Å². The van der Waals surface area contributed by atoms with E-state index in [-0.39, 0.29) is 0 Å². The van der Waals surface area contributed by atoms with E-state index in [2.05, 4.69) is 64.3 Å². The Morgan fingerprint density at radius 2 is 2.16 bits per heavy atom. The van der Waals surface area contributed by atoms with E-state index in [1.165, 1.54) is 31.4 Å². The number of nitrogens with one attached hydrogen (secondary N) is 1. The average Bonchev–Trinajstić information content (AvgIpc) is 3.14. The molecule has 1 aromatic rings. The average molecular weight is 323 g/mol. The number of benzene rings is 1. The molecule has 0 bridgehead atoms. The van der Waals surface area contributed by atoms with E-state index in [1.807, 2.05) is 0 Å². The summed E-state index contributed by atoms with van der Waals surface area (Å²) in [6.45, 7) is 5.88. The normalized spacial score (nSPS) is 29.6. The fourth-order valence-corrected chi connectivity index (χ4v) is 3.73. The SMILES string of the molecule is CC1CC(N[C@H](C)c2cccc(Br)c2)CN1C1CC1. The van der Waals surface area contributed by atoms with E-state index < -0.39 is 0 Å². The molecule has 0 spiro atoms. The van der Waals surface area contributed by atoms with Crippen molar-refractivity contribution in [3.8, 4) is 0 Å². The molecule has 1 N–H and O–H groups in total. The van der Waals surface area contributed by atoms with Crippen molar-refractivity contribution >= 4 is 15.9 Å². The minimum absolute atomic E-state index is 0.425. The van der Waals surface area contributed by atoms with Crippen LogP contribution < -0.4 is 5.32 Å². The molecule has 1 aromatic carbocycles. The largest absolute Gasteiger partial charge is 0.306 e. The van der Waals surface area contributed by atoms with E-state index in [9.17, 15) is 0 Å². The molecule has 1 aliphatic carbocycles. The second kappa shape index (κ2) is 5.55. The molecule has 0 amide bonds. The maximum absolute atomic E-state index is 3.80. The van der Waals surface area contributed by atoms with Gasteiger partial charge in [0.25, 0.3) is 0 Å². The first-order chi connectivity index (χ1) is 9.13. The van der Waals surface area contributed by atoms with Crippen molar-refractivity contribution in [3.63, 3.8) is 0 Å². The number of hydrogen-bond acceptors (Lipinski definition) is 2. The predicted octanol–water partition coefficient (Wildman–Crippen LogP) is 3.72. The van der Waals surface area contributed by atoms with Crippen molar-refractivity contribution in [2.45, 2.75) is 57.3 Å². The highest BCUT2D eigenvalue weighted by Crippen LogP contribution is 2.33. The monoisotopic (exact) mass is 322 g/mol. The van der Waals surface area contributed by atoms with Crippen LogP contribution in [-0.4, -0.2) is 29.6 Å². The third-order valence-corrected chi connectivity index (χ3v) is 4.97. The molecule has 0 aromatic heterocycles. The first-order valence-electron chi connectivity index (χ1n) is 7.40. The molecule has 1 heterocycles.